The Morgan fingerprint density at radius 1 is 1.33 bits per heavy atom. The van der Waals surface area contributed by atoms with E-state index in [9.17, 15) is 4.79 Å². The number of esters is 1. The largest absolute Gasteiger partial charge is 0.468 e. The van der Waals surface area contributed by atoms with E-state index in [4.69, 9.17) is 10.5 Å². The minimum Gasteiger partial charge on any atom is -0.468 e. The molecule has 2 N–H and O–H groups in total. The van der Waals surface area contributed by atoms with Crippen LogP contribution in [0.15, 0.2) is 48.6 Å². The van der Waals surface area contributed by atoms with Crippen LogP contribution in [0.4, 0.5) is 0 Å². The molecule has 1 unspecified atom stereocenters. The van der Waals surface area contributed by atoms with Crippen LogP contribution in [0.2, 0.25) is 0 Å². The van der Waals surface area contributed by atoms with Crippen molar-refractivity contribution in [3.8, 4) is 0 Å². The Balaban J connectivity index is 2.11. The minimum absolute atomic E-state index is 0.394. The van der Waals surface area contributed by atoms with Crippen molar-refractivity contribution in [2.24, 2.45) is 5.73 Å². The summed E-state index contributed by atoms with van der Waals surface area (Å²) in [5.41, 5.74) is 7.62. The average Bonchev–Trinajstić information content (AvgIpc) is 2.55. The first-order valence-electron chi connectivity index (χ1n) is 6.93. The second-order valence-electron chi connectivity index (χ2n) is 5.17. The summed E-state index contributed by atoms with van der Waals surface area (Å²) >= 11 is 0. The van der Waals surface area contributed by atoms with Crippen LogP contribution in [0.1, 0.15) is 18.4 Å². The highest BCUT2D eigenvalue weighted by Crippen LogP contribution is 2.32. The molecule has 0 aliphatic heterocycles. The fourth-order valence-electron chi connectivity index (χ4n) is 2.50. The fourth-order valence-corrected chi connectivity index (χ4v) is 2.50. The van der Waals surface area contributed by atoms with Gasteiger partial charge in [0.2, 0.25) is 0 Å². The van der Waals surface area contributed by atoms with Gasteiger partial charge in [0.25, 0.3) is 0 Å². The van der Waals surface area contributed by atoms with E-state index in [2.05, 4.69) is 22.9 Å². The van der Waals surface area contributed by atoms with Gasteiger partial charge in [-0.15, -0.1) is 0 Å². The van der Waals surface area contributed by atoms with Gasteiger partial charge in [-0.05, 0) is 17.6 Å². The molecule has 0 amide bonds. The number of rotatable bonds is 5. The topological polar surface area (TPSA) is 61.5 Å². The number of nitrogens with two attached hydrogens (primary N) is 1. The van der Waals surface area contributed by atoms with E-state index in [1.807, 2.05) is 30.4 Å². The van der Waals surface area contributed by atoms with E-state index in [-0.39, 0.29) is 0 Å². The predicted octanol–water partition coefficient (Wildman–Crippen LogP) is 2.31. The zero-order valence-corrected chi connectivity index (χ0v) is 12.4. The molecule has 1 aliphatic carbocycles. The zero-order valence-electron chi connectivity index (χ0n) is 12.4. The smallest absolute Gasteiger partial charge is 0.322 e. The molecule has 0 heterocycles. The minimum atomic E-state index is -0.689. The third kappa shape index (κ3) is 3.60. The van der Waals surface area contributed by atoms with E-state index in [0.29, 0.717) is 12.8 Å². The molecule has 2 atom stereocenters. The molecule has 0 saturated heterocycles. The van der Waals surface area contributed by atoms with E-state index < -0.39 is 17.6 Å². The van der Waals surface area contributed by atoms with Crippen LogP contribution in [0.3, 0.4) is 0 Å². The Morgan fingerprint density at radius 2 is 2.05 bits per heavy atom. The molecule has 112 valence electrons. The van der Waals surface area contributed by atoms with Gasteiger partial charge in [-0.3, -0.25) is 4.79 Å². The molecule has 2 rings (SSSR count). The van der Waals surface area contributed by atoms with Crippen molar-refractivity contribution in [2.45, 2.75) is 24.5 Å². The summed E-state index contributed by atoms with van der Waals surface area (Å²) in [6.45, 7) is 0. The molecule has 0 saturated carbocycles. The number of carbonyl (C=O) groups is 1. The van der Waals surface area contributed by atoms with E-state index in [1.54, 1.807) is 7.11 Å². The van der Waals surface area contributed by atoms with Gasteiger partial charge in [0.05, 0.1) is 12.7 Å². The maximum Gasteiger partial charge on any atom is 0.322 e. The second kappa shape index (κ2) is 6.70. The number of benzene rings is 1. The maximum atomic E-state index is 11.5. The van der Waals surface area contributed by atoms with Crippen molar-refractivity contribution < 1.29 is 14.3 Å². The highest BCUT2D eigenvalue weighted by molar-refractivity contribution is 5.77. The molecule has 0 bridgehead atoms. The van der Waals surface area contributed by atoms with Gasteiger partial charge >= 0.3 is 5.97 Å². The molecule has 4 heteroatoms. The third-order valence-corrected chi connectivity index (χ3v) is 3.82. The quantitative estimate of drug-likeness (QED) is 0.844. The van der Waals surface area contributed by atoms with Crippen molar-refractivity contribution >= 4 is 11.5 Å². The van der Waals surface area contributed by atoms with E-state index in [0.717, 1.165) is 11.1 Å². The molecule has 0 radical (unpaired) electrons. The van der Waals surface area contributed by atoms with Gasteiger partial charge in [0, 0.05) is 13.5 Å². The van der Waals surface area contributed by atoms with E-state index >= 15 is 0 Å². The van der Waals surface area contributed by atoms with Crippen molar-refractivity contribution in [1.29, 1.82) is 0 Å². The Bertz CT molecular complexity index is 550. The van der Waals surface area contributed by atoms with Gasteiger partial charge in [-0.25, -0.2) is 0 Å². The van der Waals surface area contributed by atoms with Gasteiger partial charge < -0.3 is 15.2 Å². The molecule has 1 aromatic carbocycles. The highest BCUT2D eigenvalue weighted by Gasteiger charge is 2.33. The van der Waals surface area contributed by atoms with Crippen LogP contribution in [0, 0.1) is 0 Å². The first-order chi connectivity index (χ1) is 10.1. The Hall–Kier alpha value is -1.91. The van der Waals surface area contributed by atoms with Crippen LogP contribution in [0.25, 0.3) is 5.57 Å². The van der Waals surface area contributed by atoms with Crippen LogP contribution < -0.4 is 5.73 Å². The average molecular weight is 287 g/mol. The SMILES string of the molecule is COC(=O)[C@@H](N)CC1(OC)C=CC(c2ccccc2)=CC1. The van der Waals surface area contributed by atoms with Gasteiger partial charge in [-0.1, -0.05) is 48.6 Å². The first-order valence-corrected chi connectivity index (χ1v) is 6.93. The molecular formula is C17H21NO3. The number of allylic oxidation sites excluding steroid dienone is 2. The lowest BCUT2D eigenvalue weighted by molar-refractivity contribution is -0.143. The van der Waals surface area contributed by atoms with Crippen LogP contribution in [-0.4, -0.2) is 31.8 Å². The number of methoxy groups -OCH3 is 2. The molecule has 0 fully saturated rings. The summed E-state index contributed by atoms with van der Waals surface area (Å²) in [4.78, 5) is 11.5. The summed E-state index contributed by atoms with van der Waals surface area (Å²) in [7, 11) is 2.97. The van der Waals surface area contributed by atoms with Crippen molar-refractivity contribution in [3.63, 3.8) is 0 Å². The lowest BCUT2D eigenvalue weighted by Gasteiger charge is -2.32. The number of hydrogen-bond donors (Lipinski definition) is 1. The number of carbonyl (C=O) groups excluding carboxylic acids is 1. The molecule has 1 aliphatic rings. The summed E-state index contributed by atoms with van der Waals surface area (Å²) < 4.78 is 10.3. The first kappa shape index (κ1) is 15.5. The van der Waals surface area contributed by atoms with Gasteiger partial charge in [-0.2, -0.15) is 0 Å². The van der Waals surface area contributed by atoms with Crippen molar-refractivity contribution in [3.05, 3.63) is 54.1 Å². The summed E-state index contributed by atoms with van der Waals surface area (Å²) in [6, 6.07) is 9.45. The summed E-state index contributed by atoms with van der Waals surface area (Å²) in [5.74, 6) is -0.419. The normalized spacial score (nSPS) is 22.5. The number of hydrogen-bond acceptors (Lipinski definition) is 4. The van der Waals surface area contributed by atoms with Gasteiger partial charge in [0.1, 0.15) is 6.04 Å². The zero-order chi connectivity index (χ0) is 15.3. The monoisotopic (exact) mass is 287 g/mol. The van der Waals surface area contributed by atoms with Crippen molar-refractivity contribution in [1.82, 2.24) is 0 Å². The van der Waals surface area contributed by atoms with Crippen LogP contribution >= 0.6 is 0 Å². The molecule has 21 heavy (non-hydrogen) atoms. The van der Waals surface area contributed by atoms with E-state index in [1.165, 1.54) is 7.11 Å². The molecular weight excluding hydrogens is 266 g/mol. The molecule has 4 nitrogen and oxygen atoms in total. The molecule has 0 aromatic heterocycles. The lowest BCUT2D eigenvalue weighted by atomic mass is 9.85. The molecule has 0 spiro atoms. The fraction of sp³-hybridized carbons (Fsp3) is 0.353. The predicted molar refractivity (Wildman–Crippen MR) is 82.5 cm³/mol. The number of ether oxygens (including phenoxy) is 2. The Kier molecular flexibility index (Phi) is 4.94. The van der Waals surface area contributed by atoms with Gasteiger partial charge in [0.15, 0.2) is 0 Å². The molecule has 1 aromatic rings. The lowest BCUT2D eigenvalue weighted by Crippen LogP contribution is -2.42. The Morgan fingerprint density at radius 3 is 2.57 bits per heavy atom. The van der Waals surface area contributed by atoms with Crippen LogP contribution in [-0.2, 0) is 14.3 Å². The maximum absolute atomic E-state index is 11.5. The second-order valence-corrected chi connectivity index (χ2v) is 5.17. The summed E-state index contributed by atoms with van der Waals surface area (Å²) in [5, 5.41) is 0. The van der Waals surface area contributed by atoms with Crippen LogP contribution in [0.5, 0.6) is 0 Å². The Labute approximate surface area is 125 Å². The van der Waals surface area contributed by atoms with Crippen molar-refractivity contribution in [2.75, 3.05) is 14.2 Å². The standard InChI is InChI=1S/C17H21NO3/c1-20-16(19)15(18)12-17(21-2)10-8-14(9-11-17)13-6-4-3-5-7-13/h3-10,15H,11-12,18H2,1-2H3/t15-,17?/m0/s1. The highest BCUT2D eigenvalue weighted by atomic mass is 16.5. The third-order valence-electron chi connectivity index (χ3n) is 3.82. The summed E-state index contributed by atoms with van der Waals surface area (Å²) in [6.07, 6.45) is 7.19.